The normalized spacial score (nSPS) is 19.6. The van der Waals surface area contributed by atoms with Gasteiger partial charge in [-0.1, -0.05) is 31.2 Å². The van der Waals surface area contributed by atoms with E-state index in [-0.39, 0.29) is 6.04 Å². The molecule has 0 bridgehead atoms. The predicted molar refractivity (Wildman–Crippen MR) is 86.8 cm³/mol. The van der Waals surface area contributed by atoms with Gasteiger partial charge in [-0.25, -0.2) is 0 Å². The second-order valence-electron chi connectivity index (χ2n) is 5.93. The Morgan fingerprint density at radius 3 is 2.50 bits per heavy atom. The average Bonchev–Trinajstić information content (AvgIpc) is 2.59. The molecule has 0 fully saturated rings. The van der Waals surface area contributed by atoms with E-state index in [1.807, 2.05) is 0 Å². The van der Waals surface area contributed by atoms with E-state index in [2.05, 4.69) is 48.6 Å². The summed E-state index contributed by atoms with van der Waals surface area (Å²) in [7, 11) is 0. The van der Waals surface area contributed by atoms with E-state index in [0.29, 0.717) is 13.2 Å². The third-order valence-corrected chi connectivity index (χ3v) is 4.58. The molecule has 0 radical (unpaired) electrons. The van der Waals surface area contributed by atoms with Gasteiger partial charge in [-0.3, -0.25) is 0 Å². The Morgan fingerprint density at radius 2 is 1.77 bits per heavy atom. The minimum Gasteiger partial charge on any atom is -0.486 e. The Balaban J connectivity index is 1.74. The fourth-order valence-electron chi connectivity index (χ4n) is 3.34. The van der Waals surface area contributed by atoms with Gasteiger partial charge in [0.05, 0.1) is 6.04 Å². The van der Waals surface area contributed by atoms with Crippen LogP contribution in [0.5, 0.6) is 11.5 Å². The van der Waals surface area contributed by atoms with Crippen molar-refractivity contribution >= 4 is 0 Å². The fourth-order valence-corrected chi connectivity index (χ4v) is 3.34. The number of hydrogen-bond acceptors (Lipinski definition) is 3. The van der Waals surface area contributed by atoms with Crippen LogP contribution in [-0.4, -0.2) is 19.8 Å². The van der Waals surface area contributed by atoms with Crippen molar-refractivity contribution in [1.82, 2.24) is 5.32 Å². The van der Waals surface area contributed by atoms with Gasteiger partial charge in [0, 0.05) is 6.54 Å². The second kappa shape index (κ2) is 5.65. The molecule has 0 aliphatic carbocycles. The van der Waals surface area contributed by atoms with Gasteiger partial charge in [0.25, 0.3) is 0 Å². The minimum absolute atomic E-state index is 0.241. The molecule has 22 heavy (non-hydrogen) atoms. The standard InChI is InChI=1S/C19H21NO2/c1-2-13-3-5-14(6-4-13)19-16-12-18-17(21-9-10-22-18)11-15(16)7-8-20-19/h3-6,11-12,19-20H,2,7-10H2,1H3. The summed E-state index contributed by atoms with van der Waals surface area (Å²) in [4.78, 5) is 0. The first-order chi connectivity index (χ1) is 10.8. The molecule has 2 aromatic rings. The summed E-state index contributed by atoms with van der Waals surface area (Å²) in [6, 6.07) is 13.5. The molecule has 0 saturated carbocycles. The van der Waals surface area contributed by atoms with Gasteiger partial charge in [0.15, 0.2) is 11.5 Å². The molecule has 0 spiro atoms. The molecule has 1 unspecified atom stereocenters. The number of fused-ring (bicyclic) bond motifs is 2. The highest BCUT2D eigenvalue weighted by Crippen LogP contribution is 2.38. The molecule has 0 amide bonds. The molecule has 4 rings (SSSR count). The van der Waals surface area contributed by atoms with Crippen LogP contribution in [-0.2, 0) is 12.8 Å². The Morgan fingerprint density at radius 1 is 1.05 bits per heavy atom. The van der Waals surface area contributed by atoms with Crippen LogP contribution >= 0.6 is 0 Å². The maximum absolute atomic E-state index is 5.76. The van der Waals surface area contributed by atoms with E-state index in [1.165, 1.54) is 22.3 Å². The van der Waals surface area contributed by atoms with Gasteiger partial charge in [-0.05, 0) is 47.2 Å². The molecule has 3 nitrogen and oxygen atoms in total. The Hall–Kier alpha value is -2.00. The highest BCUT2D eigenvalue weighted by molar-refractivity contribution is 5.52. The van der Waals surface area contributed by atoms with Gasteiger partial charge >= 0.3 is 0 Å². The summed E-state index contributed by atoms with van der Waals surface area (Å²) in [5, 5.41) is 3.64. The van der Waals surface area contributed by atoms with Crippen LogP contribution in [0.15, 0.2) is 36.4 Å². The molecular formula is C19H21NO2. The number of aryl methyl sites for hydroxylation is 1. The lowest BCUT2D eigenvalue weighted by Gasteiger charge is -2.30. The molecular weight excluding hydrogens is 274 g/mol. The van der Waals surface area contributed by atoms with Crippen molar-refractivity contribution in [1.29, 1.82) is 0 Å². The van der Waals surface area contributed by atoms with Crippen molar-refractivity contribution in [3.05, 3.63) is 58.7 Å². The maximum atomic E-state index is 5.76. The lowest BCUT2D eigenvalue weighted by molar-refractivity contribution is 0.171. The Bertz CT molecular complexity index is 679. The molecule has 3 heteroatoms. The van der Waals surface area contributed by atoms with Crippen LogP contribution in [0.25, 0.3) is 0 Å². The lowest BCUT2D eigenvalue weighted by Crippen LogP contribution is -2.31. The molecule has 1 N–H and O–H groups in total. The smallest absolute Gasteiger partial charge is 0.161 e. The highest BCUT2D eigenvalue weighted by atomic mass is 16.6. The van der Waals surface area contributed by atoms with Gasteiger partial charge in [-0.15, -0.1) is 0 Å². The zero-order chi connectivity index (χ0) is 14.9. The first kappa shape index (κ1) is 13.6. The SMILES string of the molecule is CCc1ccc(C2NCCc3cc4c(cc32)OCCO4)cc1. The van der Waals surface area contributed by atoms with E-state index in [0.717, 1.165) is 30.9 Å². The lowest BCUT2D eigenvalue weighted by atomic mass is 9.89. The quantitative estimate of drug-likeness (QED) is 0.922. The van der Waals surface area contributed by atoms with Crippen molar-refractivity contribution in [2.24, 2.45) is 0 Å². The largest absolute Gasteiger partial charge is 0.486 e. The molecule has 2 aromatic carbocycles. The predicted octanol–water partition coefficient (Wildman–Crippen LogP) is 3.26. The van der Waals surface area contributed by atoms with Crippen molar-refractivity contribution < 1.29 is 9.47 Å². The number of ether oxygens (including phenoxy) is 2. The number of hydrogen-bond donors (Lipinski definition) is 1. The fraction of sp³-hybridized carbons (Fsp3) is 0.368. The van der Waals surface area contributed by atoms with Crippen LogP contribution in [0.1, 0.15) is 35.2 Å². The molecule has 1 atom stereocenters. The van der Waals surface area contributed by atoms with Crippen molar-refractivity contribution in [2.75, 3.05) is 19.8 Å². The molecule has 2 heterocycles. The summed E-state index contributed by atoms with van der Waals surface area (Å²) in [6.07, 6.45) is 2.11. The topological polar surface area (TPSA) is 30.5 Å². The molecule has 2 aliphatic rings. The molecule has 0 aromatic heterocycles. The van der Waals surface area contributed by atoms with E-state index < -0.39 is 0 Å². The molecule has 2 aliphatic heterocycles. The van der Waals surface area contributed by atoms with Gasteiger partial charge in [0.2, 0.25) is 0 Å². The van der Waals surface area contributed by atoms with Crippen LogP contribution in [0.3, 0.4) is 0 Å². The number of benzene rings is 2. The summed E-state index contributed by atoms with van der Waals surface area (Å²) in [5.41, 5.74) is 5.38. The first-order valence-electron chi connectivity index (χ1n) is 8.10. The third-order valence-electron chi connectivity index (χ3n) is 4.58. The van der Waals surface area contributed by atoms with E-state index >= 15 is 0 Å². The van der Waals surface area contributed by atoms with Crippen LogP contribution in [0.4, 0.5) is 0 Å². The summed E-state index contributed by atoms with van der Waals surface area (Å²) in [6.45, 7) is 4.46. The second-order valence-corrected chi connectivity index (χ2v) is 5.93. The van der Waals surface area contributed by atoms with Crippen molar-refractivity contribution in [2.45, 2.75) is 25.8 Å². The Labute approximate surface area is 131 Å². The molecule has 114 valence electrons. The zero-order valence-electron chi connectivity index (χ0n) is 12.9. The van der Waals surface area contributed by atoms with E-state index in [1.54, 1.807) is 0 Å². The van der Waals surface area contributed by atoms with E-state index in [4.69, 9.17) is 9.47 Å². The van der Waals surface area contributed by atoms with Gasteiger partial charge < -0.3 is 14.8 Å². The van der Waals surface area contributed by atoms with Crippen LogP contribution in [0, 0.1) is 0 Å². The van der Waals surface area contributed by atoms with Crippen molar-refractivity contribution in [3.63, 3.8) is 0 Å². The average molecular weight is 295 g/mol. The first-order valence-corrected chi connectivity index (χ1v) is 8.10. The highest BCUT2D eigenvalue weighted by Gasteiger charge is 2.25. The van der Waals surface area contributed by atoms with Crippen LogP contribution in [0.2, 0.25) is 0 Å². The van der Waals surface area contributed by atoms with Crippen molar-refractivity contribution in [3.8, 4) is 11.5 Å². The Kier molecular flexibility index (Phi) is 3.51. The summed E-state index contributed by atoms with van der Waals surface area (Å²) < 4.78 is 11.5. The van der Waals surface area contributed by atoms with E-state index in [9.17, 15) is 0 Å². The maximum Gasteiger partial charge on any atom is 0.161 e. The third kappa shape index (κ3) is 2.35. The molecule has 0 saturated heterocycles. The van der Waals surface area contributed by atoms with Gasteiger partial charge in [0.1, 0.15) is 13.2 Å². The minimum atomic E-state index is 0.241. The monoisotopic (exact) mass is 295 g/mol. The van der Waals surface area contributed by atoms with Crippen LogP contribution < -0.4 is 14.8 Å². The summed E-state index contributed by atoms with van der Waals surface area (Å²) >= 11 is 0. The zero-order valence-corrected chi connectivity index (χ0v) is 12.9. The van der Waals surface area contributed by atoms with Gasteiger partial charge in [-0.2, -0.15) is 0 Å². The summed E-state index contributed by atoms with van der Waals surface area (Å²) in [5.74, 6) is 1.77. The number of rotatable bonds is 2. The number of nitrogens with one attached hydrogen (secondary N) is 1.